The van der Waals surface area contributed by atoms with Gasteiger partial charge >= 0.3 is 0 Å². The van der Waals surface area contributed by atoms with Crippen molar-refractivity contribution in [2.45, 2.75) is 37.0 Å². The average molecular weight is 318 g/mol. The van der Waals surface area contributed by atoms with E-state index in [0.29, 0.717) is 18.2 Å². The van der Waals surface area contributed by atoms with Gasteiger partial charge in [0.25, 0.3) is 5.91 Å². The Morgan fingerprint density at radius 1 is 1.25 bits per heavy atom. The second-order valence-corrected chi connectivity index (χ2v) is 6.83. The molecule has 2 aromatic heterocycles. The van der Waals surface area contributed by atoms with Crippen LogP contribution >= 0.6 is 0 Å². The van der Waals surface area contributed by atoms with Crippen LogP contribution in [0.2, 0.25) is 0 Å². The Morgan fingerprint density at radius 3 is 2.92 bits per heavy atom. The molecule has 1 atom stereocenters. The molecule has 1 saturated carbocycles. The van der Waals surface area contributed by atoms with Crippen molar-refractivity contribution in [1.29, 1.82) is 0 Å². The Kier molecular flexibility index (Phi) is 2.72. The molecule has 1 unspecified atom stereocenters. The van der Waals surface area contributed by atoms with Crippen LogP contribution in [0.25, 0.3) is 0 Å². The zero-order valence-corrected chi connectivity index (χ0v) is 13.5. The van der Waals surface area contributed by atoms with Gasteiger partial charge in [-0.25, -0.2) is 0 Å². The highest BCUT2D eigenvalue weighted by atomic mass is 16.1. The standard InChI is InChI=1S/C19H18N4O/c1-20-17-12-6-7-14(11-4-5-11)22-16(12)19(18(24)23-17)9-8-15-13(19)3-2-10-21-15/h2-3,6-7,10-11H,4-5,8-9H2,1H3,(H,20,23,24). The van der Waals surface area contributed by atoms with Gasteiger partial charge in [-0.05, 0) is 49.4 Å². The Balaban J connectivity index is 1.80. The van der Waals surface area contributed by atoms with Crippen molar-refractivity contribution in [1.82, 2.24) is 15.3 Å². The summed E-state index contributed by atoms with van der Waals surface area (Å²) in [6, 6.07) is 8.09. The summed E-state index contributed by atoms with van der Waals surface area (Å²) in [4.78, 5) is 26.9. The van der Waals surface area contributed by atoms with Gasteiger partial charge < -0.3 is 5.32 Å². The van der Waals surface area contributed by atoms with Crippen molar-refractivity contribution in [2.75, 3.05) is 7.05 Å². The van der Waals surface area contributed by atoms with E-state index >= 15 is 0 Å². The zero-order chi connectivity index (χ0) is 16.3. The molecule has 0 aromatic carbocycles. The largest absolute Gasteiger partial charge is 0.372 e. The van der Waals surface area contributed by atoms with E-state index < -0.39 is 5.41 Å². The van der Waals surface area contributed by atoms with Crippen LogP contribution in [0.15, 0.2) is 35.5 Å². The number of carbonyl (C=O) groups excluding carboxylic acids is 1. The third kappa shape index (κ3) is 1.70. The molecule has 2 aliphatic carbocycles. The van der Waals surface area contributed by atoms with Gasteiger partial charge in [0.05, 0.1) is 5.69 Å². The molecule has 0 saturated heterocycles. The average Bonchev–Trinajstić information content (AvgIpc) is 3.40. The highest BCUT2D eigenvalue weighted by molar-refractivity contribution is 6.13. The van der Waals surface area contributed by atoms with Crippen molar-refractivity contribution < 1.29 is 4.79 Å². The summed E-state index contributed by atoms with van der Waals surface area (Å²) in [6.07, 6.45) is 5.67. The summed E-state index contributed by atoms with van der Waals surface area (Å²) in [6.45, 7) is 0. The van der Waals surface area contributed by atoms with Crippen LogP contribution in [0.5, 0.6) is 0 Å². The molecule has 5 rings (SSSR count). The Morgan fingerprint density at radius 2 is 2.12 bits per heavy atom. The summed E-state index contributed by atoms with van der Waals surface area (Å²) in [5.74, 6) is 1.05. The number of nitrogens with one attached hydrogen (secondary N) is 1. The zero-order valence-electron chi connectivity index (χ0n) is 13.5. The quantitative estimate of drug-likeness (QED) is 0.874. The molecular formula is C19H18N4O. The van der Waals surface area contributed by atoms with Crippen LogP contribution in [0.1, 0.15) is 53.4 Å². The Hall–Kier alpha value is -2.56. The molecule has 0 radical (unpaired) electrons. The van der Waals surface area contributed by atoms with E-state index in [4.69, 9.17) is 4.98 Å². The molecule has 5 heteroatoms. The van der Waals surface area contributed by atoms with Crippen molar-refractivity contribution >= 4 is 11.7 Å². The van der Waals surface area contributed by atoms with Crippen LogP contribution < -0.4 is 5.32 Å². The lowest BCUT2D eigenvalue weighted by Gasteiger charge is -2.32. The molecule has 1 fully saturated rings. The van der Waals surface area contributed by atoms with Gasteiger partial charge in [-0.1, -0.05) is 6.07 Å². The van der Waals surface area contributed by atoms with Crippen LogP contribution in [-0.2, 0) is 16.6 Å². The van der Waals surface area contributed by atoms with E-state index in [1.54, 1.807) is 13.2 Å². The van der Waals surface area contributed by atoms with Crippen LogP contribution in [0, 0.1) is 0 Å². The summed E-state index contributed by atoms with van der Waals surface area (Å²) in [5.41, 5.74) is 4.13. The van der Waals surface area contributed by atoms with E-state index in [2.05, 4.69) is 27.4 Å². The maximum atomic E-state index is 13.1. The lowest BCUT2D eigenvalue weighted by Crippen LogP contribution is -2.43. The second-order valence-electron chi connectivity index (χ2n) is 6.83. The predicted molar refractivity (Wildman–Crippen MR) is 90.2 cm³/mol. The molecule has 1 amide bonds. The number of aliphatic imine (C=N–C) groups is 1. The Labute approximate surface area is 140 Å². The molecule has 2 aromatic rings. The van der Waals surface area contributed by atoms with Gasteiger partial charge in [-0.15, -0.1) is 0 Å². The number of aryl methyl sites for hydroxylation is 1. The van der Waals surface area contributed by atoms with E-state index in [1.165, 1.54) is 12.8 Å². The normalized spacial score (nSPS) is 24.5. The predicted octanol–water partition coefficient (Wildman–Crippen LogP) is 2.09. The van der Waals surface area contributed by atoms with Crippen LogP contribution in [-0.4, -0.2) is 28.8 Å². The fraction of sp³-hybridized carbons (Fsp3) is 0.368. The number of amides is 1. The Bertz CT molecular complexity index is 900. The molecule has 3 aliphatic rings. The first-order valence-corrected chi connectivity index (χ1v) is 8.51. The number of nitrogens with zero attached hydrogens (tertiary/aromatic N) is 3. The molecule has 1 aliphatic heterocycles. The SMILES string of the molecule is CNC1=NC(=O)C2(CCc3ncccc32)c2nc(C3CC3)ccc21. The molecular weight excluding hydrogens is 300 g/mol. The number of hydrogen-bond donors (Lipinski definition) is 1. The van der Waals surface area contributed by atoms with Crippen molar-refractivity contribution in [2.24, 2.45) is 4.99 Å². The number of rotatable bonds is 1. The number of aromatic nitrogens is 2. The number of fused-ring (bicyclic) bond motifs is 4. The molecule has 120 valence electrons. The number of amidine groups is 1. The summed E-state index contributed by atoms with van der Waals surface area (Å²) < 4.78 is 0. The molecule has 1 N–H and O–H groups in total. The van der Waals surface area contributed by atoms with E-state index in [1.807, 2.05) is 12.1 Å². The van der Waals surface area contributed by atoms with Gasteiger partial charge in [-0.2, -0.15) is 4.99 Å². The fourth-order valence-electron chi connectivity index (χ4n) is 4.08. The third-order valence-corrected chi connectivity index (χ3v) is 5.47. The topological polar surface area (TPSA) is 67.2 Å². The highest BCUT2D eigenvalue weighted by Gasteiger charge is 2.52. The second kappa shape index (κ2) is 4.72. The molecule has 3 heterocycles. The lowest BCUT2D eigenvalue weighted by molar-refractivity contribution is -0.122. The minimum atomic E-state index is -0.760. The van der Waals surface area contributed by atoms with Crippen LogP contribution in [0.4, 0.5) is 0 Å². The first kappa shape index (κ1) is 13.8. The van der Waals surface area contributed by atoms with Gasteiger partial charge in [0.15, 0.2) is 0 Å². The fourth-order valence-corrected chi connectivity index (χ4v) is 4.08. The maximum Gasteiger partial charge on any atom is 0.264 e. The number of pyridine rings is 2. The van der Waals surface area contributed by atoms with Gasteiger partial charge in [0.1, 0.15) is 11.3 Å². The van der Waals surface area contributed by atoms with Gasteiger partial charge in [0, 0.05) is 36.1 Å². The lowest BCUT2D eigenvalue weighted by atomic mass is 9.74. The van der Waals surface area contributed by atoms with Crippen molar-refractivity contribution in [3.63, 3.8) is 0 Å². The molecule has 24 heavy (non-hydrogen) atoms. The van der Waals surface area contributed by atoms with Gasteiger partial charge in [0.2, 0.25) is 0 Å². The van der Waals surface area contributed by atoms with Crippen molar-refractivity contribution in [3.05, 3.63) is 58.7 Å². The maximum absolute atomic E-state index is 13.1. The number of carbonyl (C=O) groups is 1. The van der Waals surface area contributed by atoms with Crippen molar-refractivity contribution in [3.8, 4) is 0 Å². The first-order chi connectivity index (χ1) is 11.7. The summed E-state index contributed by atoms with van der Waals surface area (Å²) in [5, 5.41) is 3.06. The minimum absolute atomic E-state index is 0.119. The minimum Gasteiger partial charge on any atom is -0.372 e. The molecule has 5 nitrogen and oxygen atoms in total. The van der Waals surface area contributed by atoms with E-state index in [0.717, 1.165) is 34.6 Å². The van der Waals surface area contributed by atoms with Crippen LogP contribution in [0.3, 0.4) is 0 Å². The van der Waals surface area contributed by atoms with E-state index in [9.17, 15) is 4.79 Å². The first-order valence-electron chi connectivity index (χ1n) is 8.51. The third-order valence-electron chi connectivity index (χ3n) is 5.47. The summed E-state index contributed by atoms with van der Waals surface area (Å²) >= 11 is 0. The molecule has 1 spiro atoms. The smallest absolute Gasteiger partial charge is 0.264 e. The van der Waals surface area contributed by atoms with Gasteiger partial charge in [-0.3, -0.25) is 14.8 Å². The monoisotopic (exact) mass is 318 g/mol. The summed E-state index contributed by atoms with van der Waals surface area (Å²) in [7, 11) is 1.80. The number of hydrogen-bond acceptors (Lipinski definition) is 4. The highest BCUT2D eigenvalue weighted by Crippen LogP contribution is 2.48. The van der Waals surface area contributed by atoms with E-state index in [-0.39, 0.29) is 5.91 Å². The molecule has 0 bridgehead atoms.